The predicted molar refractivity (Wildman–Crippen MR) is 48.9 cm³/mol. The van der Waals surface area contributed by atoms with Gasteiger partial charge in [0.25, 0.3) is 0 Å². The smallest absolute Gasteiger partial charge is 0.506 e. The number of pyridine rings is 1. The van der Waals surface area contributed by atoms with Gasteiger partial charge in [-0.05, 0) is 6.07 Å². The van der Waals surface area contributed by atoms with E-state index < -0.39 is 47.8 Å². The zero-order chi connectivity index (χ0) is 15.7. The van der Waals surface area contributed by atoms with Crippen LogP contribution in [0.4, 0.5) is 26.3 Å². The van der Waals surface area contributed by atoms with Crippen molar-refractivity contribution < 1.29 is 46.1 Å². The first kappa shape index (κ1) is 15.9. The number of carboxylic acids is 1. The molecule has 11 heteroatoms. The minimum absolute atomic E-state index is 0.213. The van der Waals surface area contributed by atoms with Crippen molar-refractivity contribution >= 4 is 5.97 Å². The molecule has 0 aliphatic rings. The van der Waals surface area contributed by atoms with Crippen LogP contribution < -0.4 is 4.74 Å². The van der Waals surface area contributed by atoms with Crippen LogP contribution in [0.25, 0.3) is 0 Å². The molecular formula is C9H5F6NO4. The molecule has 0 aliphatic carbocycles. The minimum atomic E-state index is -5.36. The first-order chi connectivity index (χ1) is 8.90. The van der Waals surface area contributed by atoms with Crippen molar-refractivity contribution in [2.24, 2.45) is 0 Å². The van der Waals surface area contributed by atoms with Crippen molar-refractivity contribution in [2.45, 2.75) is 19.0 Å². The van der Waals surface area contributed by atoms with Crippen molar-refractivity contribution in [1.82, 2.24) is 4.98 Å². The van der Waals surface area contributed by atoms with Crippen LogP contribution in [0.1, 0.15) is 11.3 Å². The van der Waals surface area contributed by atoms with Crippen LogP contribution in [0.15, 0.2) is 6.07 Å². The molecule has 0 saturated heterocycles. The molecule has 1 aromatic rings. The van der Waals surface area contributed by atoms with E-state index >= 15 is 0 Å². The van der Waals surface area contributed by atoms with Crippen LogP contribution in [-0.2, 0) is 17.4 Å². The van der Waals surface area contributed by atoms with Gasteiger partial charge in [0.05, 0.1) is 6.42 Å². The van der Waals surface area contributed by atoms with E-state index in [0.717, 1.165) is 0 Å². The number of rotatable bonds is 3. The topological polar surface area (TPSA) is 79.7 Å². The van der Waals surface area contributed by atoms with Crippen LogP contribution in [0, 0.1) is 0 Å². The highest BCUT2D eigenvalue weighted by atomic mass is 19.4. The fourth-order valence-electron chi connectivity index (χ4n) is 1.22. The van der Waals surface area contributed by atoms with E-state index in [0.29, 0.717) is 0 Å². The summed E-state index contributed by atoms with van der Waals surface area (Å²) in [6.07, 6.45) is -11.7. The van der Waals surface area contributed by atoms with Gasteiger partial charge in [-0.1, -0.05) is 0 Å². The molecule has 0 fully saturated rings. The summed E-state index contributed by atoms with van der Waals surface area (Å²) in [6, 6.07) is 0.213. The number of hydrogen-bond donors (Lipinski definition) is 2. The van der Waals surface area contributed by atoms with Crippen LogP contribution in [0.2, 0.25) is 0 Å². The maximum atomic E-state index is 12.4. The van der Waals surface area contributed by atoms with Crippen LogP contribution in [0.3, 0.4) is 0 Å². The van der Waals surface area contributed by atoms with Gasteiger partial charge in [0, 0.05) is 5.56 Å². The van der Waals surface area contributed by atoms with Gasteiger partial charge in [0.15, 0.2) is 5.69 Å². The van der Waals surface area contributed by atoms with Gasteiger partial charge in [-0.15, -0.1) is 13.2 Å². The molecule has 0 aliphatic heterocycles. The van der Waals surface area contributed by atoms with Crippen molar-refractivity contribution in [2.75, 3.05) is 0 Å². The number of aliphatic carboxylic acids is 1. The molecule has 0 spiro atoms. The molecule has 0 radical (unpaired) electrons. The summed E-state index contributed by atoms with van der Waals surface area (Å²) in [6.45, 7) is 0. The number of aromatic hydroxyl groups is 1. The largest absolute Gasteiger partial charge is 0.574 e. The fraction of sp³-hybridized carbons (Fsp3) is 0.333. The Morgan fingerprint density at radius 2 is 1.80 bits per heavy atom. The van der Waals surface area contributed by atoms with Crippen molar-refractivity contribution in [3.8, 4) is 11.6 Å². The zero-order valence-electron chi connectivity index (χ0n) is 9.21. The second kappa shape index (κ2) is 5.06. The molecule has 112 valence electrons. The van der Waals surface area contributed by atoms with Gasteiger partial charge < -0.3 is 14.9 Å². The number of carbonyl (C=O) groups is 1. The Morgan fingerprint density at radius 1 is 1.25 bits per heavy atom. The summed E-state index contributed by atoms with van der Waals surface area (Å²) in [5.41, 5.74) is -2.86. The summed E-state index contributed by atoms with van der Waals surface area (Å²) in [7, 11) is 0. The average molecular weight is 305 g/mol. The summed E-state index contributed by atoms with van der Waals surface area (Å²) < 4.78 is 76.5. The lowest BCUT2D eigenvalue weighted by Crippen LogP contribution is -2.21. The van der Waals surface area contributed by atoms with Crippen LogP contribution in [-0.4, -0.2) is 27.5 Å². The molecule has 2 N–H and O–H groups in total. The van der Waals surface area contributed by atoms with Gasteiger partial charge in [-0.2, -0.15) is 13.2 Å². The molecule has 1 aromatic heterocycles. The summed E-state index contributed by atoms with van der Waals surface area (Å²) in [4.78, 5) is 12.9. The number of ether oxygens (including phenoxy) is 1. The van der Waals surface area contributed by atoms with Crippen LogP contribution in [0.5, 0.6) is 11.6 Å². The van der Waals surface area contributed by atoms with E-state index in [-0.39, 0.29) is 6.07 Å². The molecule has 20 heavy (non-hydrogen) atoms. The van der Waals surface area contributed by atoms with Crippen molar-refractivity contribution in [3.05, 3.63) is 17.3 Å². The molecule has 0 atom stereocenters. The minimum Gasteiger partial charge on any atom is -0.506 e. The van der Waals surface area contributed by atoms with Crippen molar-refractivity contribution in [1.29, 1.82) is 0 Å². The fourth-order valence-corrected chi connectivity index (χ4v) is 1.22. The Morgan fingerprint density at radius 3 is 2.20 bits per heavy atom. The Kier molecular flexibility index (Phi) is 4.01. The molecule has 0 bridgehead atoms. The Hall–Kier alpha value is -2.20. The SMILES string of the molecule is O=C(O)Cc1cc(O)c(C(F)(F)F)nc1OC(F)(F)F. The average Bonchev–Trinajstić information content (AvgIpc) is 2.17. The number of nitrogens with zero attached hydrogens (tertiary/aromatic N) is 1. The number of hydrogen-bond acceptors (Lipinski definition) is 4. The molecule has 0 aromatic carbocycles. The lowest BCUT2D eigenvalue weighted by molar-refractivity contribution is -0.276. The summed E-state index contributed by atoms with van der Waals surface area (Å²) in [5, 5.41) is 17.5. The Labute approximate surface area is 106 Å². The Balaban J connectivity index is 3.37. The van der Waals surface area contributed by atoms with Gasteiger partial charge in [0.2, 0.25) is 5.88 Å². The van der Waals surface area contributed by atoms with Gasteiger partial charge in [-0.25, -0.2) is 4.98 Å². The highest BCUT2D eigenvalue weighted by molar-refractivity contribution is 5.71. The number of aromatic nitrogens is 1. The van der Waals surface area contributed by atoms with Gasteiger partial charge >= 0.3 is 18.5 Å². The van der Waals surface area contributed by atoms with Crippen molar-refractivity contribution in [3.63, 3.8) is 0 Å². The second-order valence-electron chi connectivity index (χ2n) is 3.44. The van der Waals surface area contributed by atoms with E-state index in [1.807, 2.05) is 0 Å². The predicted octanol–water partition coefficient (Wildman–Crippen LogP) is 2.33. The third-order valence-corrected chi connectivity index (χ3v) is 1.86. The lowest BCUT2D eigenvalue weighted by atomic mass is 10.1. The summed E-state index contributed by atoms with van der Waals surface area (Å²) >= 11 is 0. The quantitative estimate of drug-likeness (QED) is 0.838. The van der Waals surface area contributed by atoms with E-state index in [2.05, 4.69) is 9.72 Å². The maximum absolute atomic E-state index is 12.4. The van der Waals surface area contributed by atoms with E-state index in [1.54, 1.807) is 0 Å². The standard InChI is InChI=1S/C9H5F6NO4/c10-8(11,12)6-4(17)1-3(2-5(18)19)7(16-6)20-9(13,14)15/h1,17H,2H2,(H,18,19). The van der Waals surface area contributed by atoms with E-state index in [4.69, 9.17) is 10.2 Å². The first-order valence-electron chi connectivity index (χ1n) is 4.68. The molecule has 1 rings (SSSR count). The highest BCUT2D eigenvalue weighted by Crippen LogP contribution is 2.38. The van der Waals surface area contributed by atoms with E-state index in [9.17, 15) is 31.1 Å². The highest BCUT2D eigenvalue weighted by Gasteiger charge is 2.39. The van der Waals surface area contributed by atoms with Gasteiger partial charge in [-0.3, -0.25) is 4.79 Å². The third kappa shape index (κ3) is 4.17. The molecule has 0 saturated carbocycles. The Bertz CT molecular complexity index is 524. The van der Waals surface area contributed by atoms with Gasteiger partial charge in [0.1, 0.15) is 5.75 Å². The second-order valence-corrected chi connectivity index (χ2v) is 3.44. The number of carboxylic acid groups (broad SMARTS) is 1. The molecule has 0 amide bonds. The maximum Gasteiger partial charge on any atom is 0.574 e. The van der Waals surface area contributed by atoms with Crippen LogP contribution >= 0.6 is 0 Å². The lowest BCUT2D eigenvalue weighted by Gasteiger charge is -2.15. The monoisotopic (exact) mass is 305 g/mol. The molecule has 5 nitrogen and oxygen atoms in total. The normalized spacial score (nSPS) is 12.3. The third-order valence-electron chi connectivity index (χ3n) is 1.86. The number of halogens is 6. The first-order valence-corrected chi connectivity index (χ1v) is 4.68. The van der Waals surface area contributed by atoms with E-state index in [1.165, 1.54) is 0 Å². The molecule has 0 unspecified atom stereocenters. The number of alkyl halides is 6. The summed E-state index contributed by atoms with van der Waals surface area (Å²) in [5.74, 6) is -4.72. The molecule has 1 heterocycles. The zero-order valence-corrected chi connectivity index (χ0v) is 9.21. The molecular weight excluding hydrogens is 300 g/mol.